The van der Waals surface area contributed by atoms with E-state index in [1.54, 1.807) is 0 Å². The second-order valence-electron chi connectivity index (χ2n) is 7.14. The predicted molar refractivity (Wildman–Crippen MR) is 85.2 cm³/mol. The van der Waals surface area contributed by atoms with E-state index in [0.29, 0.717) is 0 Å². The fourth-order valence-corrected chi connectivity index (χ4v) is 3.58. The van der Waals surface area contributed by atoms with Crippen LogP contribution in [0.4, 0.5) is 5.69 Å². The lowest BCUT2D eigenvalue weighted by molar-refractivity contribution is 0.128. The van der Waals surface area contributed by atoms with Crippen LogP contribution in [0.3, 0.4) is 0 Å². The standard InChI is InChI=1S/C17H27N3/c1-17(2,3)20-11-9-19(10-12-20)16-6-4-5-13-14(16)7-8-15(13)18/h4-6,15H,7-12,18H2,1-3H3. The highest BCUT2D eigenvalue weighted by molar-refractivity contribution is 5.59. The highest BCUT2D eigenvalue weighted by Gasteiger charge is 2.28. The Morgan fingerprint density at radius 3 is 2.45 bits per heavy atom. The molecule has 3 nitrogen and oxygen atoms in total. The third kappa shape index (κ3) is 2.45. The van der Waals surface area contributed by atoms with Crippen LogP contribution in [0.25, 0.3) is 0 Å². The fraction of sp³-hybridized carbons (Fsp3) is 0.647. The van der Waals surface area contributed by atoms with Gasteiger partial charge in [-0.15, -0.1) is 0 Å². The Morgan fingerprint density at radius 1 is 1.10 bits per heavy atom. The van der Waals surface area contributed by atoms with Crippen LogP contribution >= 0.6 is 0 Å². The third-order valence-electron chi connectivity index (χ3n) is 4.86. The Balaban J connectivity index is 1.77. The Labute approximate surface area is 122 Å². The summed E-state index contributed by atoms with van der Waals surface area (Å²) < 4.78 is 0. The van der Waals surface area contributed by atoms with Crippen LogP contribution in [0.5, 0.6) is 0 Å². The van der Waals surface area contributed by atoms with Crippen molar-refractivity contribution in [3.63, 3.8) is 0 Å². The van der Waals surface area contributed by atoms with Crippen molar-refractivity contribution >= 4 is 5.69 Å². The number of nitrogens with two attached hydrogens (primary N) is 1. The first kappa shape index (κ1) is 13.9. The number of anilines is 1. The van der Waals surface area contributed by atoms with Gasteiger partial charge in [-0.05, 0) is 50.8 Å². The molecule has 1 aliphatic heterocycles. The normalized spacial score (nSPS) is 24.0. The van der Waals surface area contributed by atoms with Gasteiger partial charge in [-0.25, -0.2) is 0 Å². The molecule has 110 valence electrons. The molecule has 2 N–H and O–H groups in total. The minimum absolute atomic E-state index is 0.251. The van der Waals surface area contributed by atoms with Crippen molar-refractivity contribution in [1.82, 2.24) is 4.90 Å². The molecule has 1 atom stereocenters. The molecule has 1 aromatic rings. The first-order valence-electron chi connectivity index (χ1n) is 7.84. The van der Waals surface area contributed by atoms with E-state index in [0.717, 1.165) is 39.0 Å². The molecule has 1 fully saturated rings. The molecule has 2 aliphatic rings. The van der Waals surface area contributed by atoms with Gasteiger partial charge < -0.3 is 10.6 Å². The van der Waals surface area contributed by atoms with E-state index >= 15 is 0 Å². The number of hydrogen-bond acceptors (Lipinski definition) is 3. The van der Waals surface area contributed by atoms with Crippen LogP contribution in [0.15, 0.2) is 18.2 Å². The summed E-state index contributed by atoms with van der Waals surface area (Å²) in [5, 5.41) is 0. The van der Waals surface area contributed by atoms with E-state index in [1.165, 1.54) is 16.8 Å². The Hall–Kier alpha value is -1.06. The van der Waals surface area contributed by atoms with Crippen LogP contribution in [-0.4, -0.2) is 36.6 Å². The maximum Gasteiger partial charge on any atom is 0.0403 e. The molecule has 1 heterocycles. The molecule has 0 aromatic heterocycles. The molecule has 0 saturated carbocycles. The van der Waals surface area contributed by atoms with Gasteiger partial charge in [-0.1, -0.05) is 12.1 Å². The third-order valence-corrected chi connectivity index (χ3v) is 4.86. The van der Waals surface area contributed by atoms with E-state index in [1.807, 2.05) is 0 Å². The van der Waals surface area contributed by atoms with Crippen LogP contribution in [0.2, 0.25) is 0 Å². The SMILES string of the molecule is CC(C)(C)N1CCN(c2cccc3c2CCC3N)CC1. The number of fused-ring (bicyclic) bond motifs is 1. The van der Waals surface area contributed by atoms with Gasteiger partial charge in [0.1, 0.15) is 0 Å². The molecule has 0 amide bonds. The van der Waals surface area contributed by atoms with Gasteiger partial charge in [0.05, 0.1) is 0 Å². The first-order valence-corrected chi connectivity index (χ1v) is 7.84. The summed E-state index contributed by atoms with van der Waals surface area (Å²) in [5.74, 6) is 0. The van der Waals surface area contributed by atoms with Gasteiger partial charge in [-0.3, -0.25) is 4.90 Å². The van der Waals surface area contributed by atoms with E-state index in [9.17, 15) is 0 Å². The lowest BCUT2D eigenvalue weighted by atomic mass is 10.0. The summed E-state index contributed by atoms with van der Waals surface area (Å²) >= 11 is 0. The van der Waals surface area contributed by atoms with Gasteiger partial charge in [-0.2, -0.15) is 0 Å². The first-order chi connectivity index (χ1) is 9.47. The fourth-order valence-electron chi connectivity index (χ4n) is 3.58. The molecule has 3 rings (SSSR count). The van der Waals surface area contributed by atoms with Crippen LogP contribution < -0.4 is 10.6 Å². The molecule has 1 saturated heterocycles. The van der Waals surface area contributed by atoms with Gasteiger partial charge in [0, 0.05) is 43.4 Å². The maximum atomic E-state index is 6.20. The van der Waals surface area contributed by atoms with Crippen LogP contribution in [-0.2, 0) is 6.42 Å². The lowest BCUT2D eigenvalue weighted by Crippen LogP contribution is -2.53. The molecule has 20 heavy (non-hydrogen) atoms. The van der Waals surface area contributed by atoms with Gasteiger partial charge in [0.25, 0.3) is 0 Å². The van der Waals surface area contributed by atoms with E-state index in [4.69, 9.17) is 5.73 Å². The van der Waals surface area contributed by atoms with E-state index in [2.05, 4.69) is 48.8 Å². The number of benzene rings is 1. The highest BCUT2D eigenvalue weighted by Crippen LogP contribution is 2.36. The van der Waals surface area contributed by atoms with Crippen molar-refractivity contribution in [1.29, 1.82) is 0 Å². The average molecular weight is 273 g/mol. The van der Waals surface area contributed by atoms with Gasteiger partial charge >= 0.3 is 0 Å². The molecule has 0 bridgehead atoms. The molecule has 1 aromatic carbocycles. The van der Waals surface area contributed by atoms with Crippen molar-refractivity contribution in [3.05, 3.63) is 29.3 Å². The molecular weight excluding hydrogens is 246 g/mol. The van der Waals surface area contributed by atoms with Crippen molar-refractivity contribution in [2.24, 2.45) is 5.73 Å². The Morgan fingerprint density at radius 2 is 1.80 bits per heavy atom. The molecule has 1 unspecified atom stereocenters. The van der Waals surface area contributed by atoms with Crippen LogP contribution in [0, 0.1) is 0 Å². The minimum Gasteiger partial charge on any atom is -0.369 e. The maximum absolute atomic E-state index is 6.20. The summed E-state index contributed by atoms with van der Waals surface area (Å²) in [6, 6.07) is 6.92. The molecule has 0 radical (unpaired) electrons. The largest absolute Gasteiger partial charge is 0.369 e. The number of nitrogens with zero attached hydrogens (tertiary/aromatic N) is 2. The summed E-state index contributed by atoms with van der Waals surface area (Å²) in [4.78, 5) is 5.14. The van der Waals surface area contributed by atoms with E-state index < -0.39 is 0 Å². The summed E-state index contributed by atoms with van der Waals surface area (Å²) in [5.41, 5.74) is 10.8. The second kappa shape index (κ2) is 5.05. The van der Waals surface area contributed by atoms with Gasteiger partial charge in [0.15, 0.2) is 0 Å². The number of piperazine rings is 1. The van der Waals surface area contributed by atoms with Crippen LogP contribution in [0.1, 0.15) is 44.4 Å². The molecular formula is C17H27N3. The topological polar surface area (TPSA) is 32.5 Å². The average Bonchev–Trinajstić information content (AvgIpc) is 2.80. The zero-order chi connectivity index (χ0) is 14.3. The Kier molecular flexibility index (Phi) is 3.51. The smallest absolute Gasteiger partial charge is 0.0403 e. The molecule has 3 heteroatoms. The number of rotatable bonds is 1. The van der Waals surface area contributed by atoms with Crippen molar-refractivity contribution in [3.8, 4) is 0 Å². The predicted octanol–water partition coefficient (Wildman–Crippen LogP) is 2.55. The summed E-state index contributed by atoms with van der Waals surface area (Å²) in [6.07, 6.45) is 2.25. The van der Waals surface area contributed by atoms with E-state index in [-0.39, 0.29) is 11.6 Å². The van der Waals surface area contributed by atoms with Gasteiger partial charge in [0.2, 0.25) is 0 Å². The summed E-state index contributed by atoms with van der Waals surface area (Å²) in [7, 11) is 0. The Bertz CT molecular complexity index is 481. The van der Waals surface area contributed by atoms with Crippen molar-refractivity contribution < 1.29 is 0 Å². The second-order valence-corrected chi connectivity index (χ2v) is 7.14. The molecule has 1 aliphatic carbocycles. The zero-order valence-electron chi connectivity index (χ0n) is 13.0. The monoisotopic (exact) mass is 273 g/mol. The lowest BCUT2D eigenvalue weighted by Gasteiger charge is -2.43. The zero-order valence-corrected chi connectivity index (χ0v) is 13.0. The summed E-state index contributed by atoms with van der Waals surface area (Å²) in [6.45, 7) is 11.5. The highest BCUT2D eigenvalue weighted by atomic mass is 15.3. The van der Waals surface area contributed by atoms with Crippen molar-refractivity contribution in [2.75, 3.05) is 31.1 Å². The minimum atomic E-state index is 0.251. The quantitative estimate of drug-likeness (QED) is 0.853. The van der Waals surface area contributed by atoms with Crippen molar-refractivity contribution in [2.45, 2.75) is 45.2 Å². The molecule has 0 spiro atoms. The number of hydrogen-bond donors (Lipinski definition) is 1.